The van der Waals surface area contributed by atoms with Gasteiger partial charge in [0.25, 0.3) is 0 Å². The minimum atomic E-state index is -0.478. The number of hydrogen-bond donors (Lipinski definition) is 1. The Morgan fingerprint density at radius 1 is 1.00 bits per heavy atom. The van der Waals surface area contributed by atoms with E-state index in [1.54, 1.807) is 0 Å². The number of hydrogen-bond acceptors (Lipinski definition) is 5. The van der Waals surface area contributed by atoms with Crippen molar-refractivity contribution in [1.29, 1.82) is 0 Å². The molecule has 3 aliphatic rings. The van der Waals surface area contributed by atoms with E-state index in [4.69, 9.17) is 14.2 Å². The maximum Gasteiger partial charge on any atom is 0.120 e. The zero-order chi connectivity index (χ0) is 21.1. The molecule has 166 valence electrons. The van der Waals surface area contributed by atoms with Gasteiger partial charge in [0, 0.05) is 26.3 Å². The Bertz CT molecular complexity index is 934. The zero-order valence-electron chi connectivity index (χ0n) is 18.2. The van der Waals surface area contributed by atoms with E-state index in [1.807, 2.05) is 6.07 Å². The quantitative estimate of drug-likeness (QED) is 0.764. The van der Waals surface area contributed by atoms with Gasteiger partial charge in [0.1, 0.15) is 18.5 Å². The van der Waals surface area contributed by atoms with Crippen LogP contribution in [0.2, 0.25) is 0 Å². The molecule has 5 rings (SSSR count). The number of benzene rings is 2. The number of aliphatic hydroxyl groups excluding tert-OH is 1. The van der Waals surface area contributed by atoms with Crippen LogP contribution in [0.25, 0.3) is 16.3 Å². The van der Waals surface area contributed by atoms with Gasteiger partial charge in [-0.05, 0) is 77.8 Å². The van der Waals surface area contributed by atoms with Crippen LogP contribution < -0.4 is 4.74 Å². The molecule has 3 heterocycles. The first kappa shape index (κ1) is 21.0. The summed E-state index contributed by atoms with van der Waals surface area (Å²) in [5, 5.41) is 12.9. The SMILES string of the molecule is OC(COc1ccc2cc(C3=CCOCC3)ccc2c1)CN1CCC2(CCOCC2)C1. The van der Waals surface area contributed by atoms with Gasteiger partial charge < -0.3 is 24.2 Å². The van der Waals surface area contributed by atoms with Gasteiger partial charge in [-0.1, -0.05) is 24.3 Å². The Labute approximate surface area is 184 Å². The van der Waals surface area contributed by atoms with Gasteiger partial charge in [-0.25, -0.2) is 0 Å². The number of ether oxygens (including phenoxy) is 3. The molecule has 0 aromatic heterocycles. The van der Waals surface area contributed by atoms with E-state index >= 15 is 0 Å². The van der Waals surface area contributed by atoms with Crippen molar-refractivity contribution < 1.29 is 19.3 Å². The third kappa shape index (κ3) is 4.96. The highest BCUT2D eigenvalue weighted by Gasteiger charge is 2.39. The smallest absolute Gasteiger partial charge is 0.120 e. The highest BCUT2D eigenvalue weighted by molar-refractivity contribution is 5.87. The van der Waals surface area contributed by atoms with Crippen LogP contribution in [0.3, 0.4) is 0 Å². The standard InChI is InChI=1S/C26H33NO4/c28-24(17-27-10-7-26(19-27)8-13-30-14-9-26)18-31-25-4-3-22-15-21(1-2-23(22)16-25)20-5-11-29-12-6-20/h1-5,15-16,24,28H,6-14,17-19H2. The van der Waals surface area contributed by atoms with Gasteiger partial charge in [-0.15, -0.1) is 0 Å². The fraction of sp³-hybridized carbons (Fsp3) is 0.538. The lowest BCUT2D eigenvalue weighted by atomic mass is 9.80. The lowest BCUT2D eigenvalue weighted by molar-refractivity contribution is 0.0149. The molecular weight excluding hydrogens is 390 g/mol. The Balaban J connectivity index is 1.15. The topological polar surface area (TPSA) is 51.2 Å². The van der Waals surface area contributed by atoms with Gasteiger partial charge in [-0.2, -0.15) is 0 Å². The maximum atomic E-state index is 10.5. The predicted octanol–water partition coefficient (Wildman–Crippen LogP) is 3.89. The van der Waals surface area contributed by atoms with Crippen molar-refractivity contribution in [3.63, 3.8) is 0 Å². The van der Waals surface area contributed by atoms with Crippen molar-refractivity contribution in [3.05, 3.63) is 48.0 Å². The van der Waals surface area contributed by atoms with Crippen molar-refractivity contribution in [3.8, 4) is 5.75 Å². The summed E-state index contributed by atoms with van der Waals surface area (Å²) in [5.41, 5.74) is 3.05. The normalized spacial score (nSPS) is 22.5. The second-order valence-electron chi connectivity index (χ2n) is 9.34. The molecule has 3 aliphatic heterocycles. The lowest BCUT2D eigenvalue weighted by Crippen LogP contribution is -2.37. The third-order valence-electron chi connectivity index (χ3n) is 7.13. The Morgan fingerprint density at radius 2 is 1.84 bits per heavy atom. The Morgan fingerprint density at radius 3 is 2.68 bits per heavy atom. The molecule has 2 aromatic carbocycles. The third-order valence-corrected chi connectivity index (χ3v) is 7.13. The molecule has 31 heavy (non-hydrogen) atoms. The first-order valence-electron chi connectivity index (χ1n) is 11.6. The van der Waals surface area contributed by atoms with Crippen molar-refractivity contribution in [2.75, 3.05) is 52.7 Å². The molecule has 0 bridgehead atoms. The average molecular weight is 424 g/mol. The molecule has 1 N–H and O–H groups in total. The largest absolute Gasteiger partial charge is 0.491 e. The molecule has 2 saturated heterocycles. The van der Waals surface area contributed by atoms with Crippen LogP contribution in [0.4, 0.5) is 0 Å². The van der Waals surface area contributed by atoms with Gasteiger partial charge in [0.2, 0.25) is 0 Å². The average Bonchev–Trinajstić information content (AvgIpc) is 3.19. The number of rotatable bonds is 6. The second kappa shape index (κ2) is 9.29. The Hall–Kier alpha value is -1.92. The minimum absolute atomic E-state index is 0.323. The van der Waals surface area contributed by atoms with Crippen molar-refractivity contribution >= 4 is 16.3 Å². The first-order chi connectivity index (χ1) is 15.2. The molecule has 1 unspecified atom stereocenters. The summed E-state index contributed by atoms with van der Waals surface area (Å²) in [7, 11) is 0. The van der Waals surface area contributed by atoms with Gasteiger partial charge in [-0.3, -0.25) is 0 Å². The van der Waals surface area contributed by atoms with Crippen molar-refractivity contribution in [2.45, 2.75) is 31.8 Å². The summed E-state index contributed by atoms with van der Waals surface area (Å²) in [5.74, 6) is 0.812. The summed E-state index contributed by atoms with van der Waals surface area (Å²) in [4.78, 5) is 2.40. The van der Waals surface area contributed by atoms with Crippen LogP contribution >= 0.6 is 0 Å². The molecule has 0 aliphatic carbocycles. The van der Waals surface area contributed by atoms with E-state index in [2.05, 4.69) is 41.3 Å². The zero-order valence-corrected chi connectivity index (χ0v) is 18.2. The minimum Gasteiger partial charge on any atom is -0.491 e. The molecule has 2 fully saturated rings. The van der Waals surface area contributed by atoms with Crippen LogP contribution in [-0.4, -0.2) is 68.8 Å². The molecular formula is C26H33NO4. The lowest BCUT2D eigenvalue weighted by Gasteiger charge is -2.33. The van der Waals surface area contributed by atoms with Crippen LogP contribution in [0, 0.1) is 5.41 Å². The van der Waals surface area contributed by atoms with E-state index < -0.39 is 6.10 Å². The molecule has 5 nitrogen and oxygen atoms in total. The number of likely N-dealkylation sites (tertiary alicyclic amines) is 1. The molecule has 0 amide bonds. The van der Waals surface area contributed by atoms with Crippen molar-refractivity contribution in [2.24, 2.45) is 5.41 Å². The summed E-state index contributed by atoms with van der Waals surface area (Å²) >= 11 is 0. The molecule has 1 spiro atoms. The van der Waals surface area contributed by atoms with Gasteiger partial charge in [0.05, 0.1) is 13.2 Å². The summed E-state index contributed by atoms with van der Waals surface area (Å²) in [6.45, 7) is 6.42. The van der Waals surface area contributed by atoms with E-state index in [0.717, 1.165) is 63.3 Å². The number of fused-ring (bicyclic) bond motifs is 1. The monoisotopic (exact) mass is 423 g/mol. The van der Waals surface area contributed by atoms with Gasteiger partial charge >= 0.3 is 0 Å². The van der Waals surface area contributed by atoms with Crippen LogP contribution in [0.1, 0.15) is 31.2 Å². The highest BCUT2D eigenvalue weighted by atomic mass is 16.5. The van der Waals surface area contributed by atoms with Crippen LogP contribution in [-0.2, 0) is 9.47 Å². The molecule has 2 aromatic rings. The molecule has 1 atom stereocenters. The predicted molar refractivity (Wildman–Crippen MR) is 122 cm³/mol. The summed E-state index contributed by atoms with van der Waals surface area (Å²) < 4.78 is 16.9. The number of β-amino-alcohol motifs (C(OH)–C–C–N with tert-alkyl or cyclic N) is 1. The highest BCUT2D eigenvalue weighted by Crippen LogP contribution is 2.39. The molecule has 5 heteroatoms. The van der Waals surface area contributed by atoms with E-state index in [9.17, 15) is 5.11 Å². The van der Waals surface area contributed by atoms with Crippen LogP contribution in [0.5, 0.6) is 5.75 Å². The van der Waals surface area contributed by atoms with E-state index in [1.165, 1.54) is 22.9 Å². The Kier molecular flexibility index (Phi) is 6.28. The number of nitrogens with zero attached hydrogens (tertiary/aromatic N) is 1. The van der Waals surface area contributed by atoms with E-state index in [0.29, 0.717) is 25.2 Å². The first-order valence-corrected chi connectivity index (χ1v) is 11.6. The summed E-state index contributed by atoms with van der Waals surface area (Å²) in [6, 6.07) is 12.8. The molecule has 0 saturated carbocycles. The van der Waals surface area contributed by atoms with E-state index in [-0.39, 0.29) is 0 Å². The van der Waals surface area contributed by atoms with Crippen LogP contribution in [0.15, 0.2) is 42.5 Å². The summed E-state index contributed by atoms with van der Waals surface area (Å²) in [6.07, 6.45) is 6.19. The van der Waals surface area contributed by atoms with Gasteiger partial charge in [0.15, 0.2) is 0 Å². The fourth-order valence-corrected chi connectivity index (χ4v) is 5.24. The number of aliphatic hydroxyl groups is 1. The van der Waals surface area contributed by atoms with Crippen molar-refractivity contribution in [1.82, 2.24) is 4.90 Å². The molecule has 0 radical (unpaired) electrons. The fourth-order valence-electron chi connectivity index (χ4n) is 5.24. The maximum absolute atomic E-state index is 10.5. The second-order valence-corrected chi connectivity index (χ2v) is 9.34.